The molecule has 1 N–H and O–H groups in total. The lowest BCUT2D eigenvalue weighted by Gasteiger charge is -2.18. The Morgan fingerprint density at radius 2 is 1.97 bits per heavy atom. The summed E-state index contributed by atoms with van der Waals surface area (Å²) in [7, 11) is 1.42. The fourth-order valence-electron chi connectivity index (χ4n) is 3.37. The van der Waals surface area contributed by atoms with Crippen LogP contribution in [0.3, 0.4) is 0 Å². The molecular weight excluding hydrogens is 423 g/mol. The molecule has 30 heavy (non-hydrogen) atoms. The van der Waals surface area contributed by atoms with Crippen LogP contribution in [-0.2, 0) is 4.79 Å². The first kappa shape index (κ1) is 21.6. The van der Waals surface area contributed by atoms with Crippen molar-refractivity contribution in [3.05, 3.63) is 75.3 Å². The van der Waals surface area contributed by atoms with Crippen molar-refractivity contribution in [2.75, 3.05) is 13.7 Å². The van der Waals surface area contributed by atoms with E-state index >= 15 is 0 Å². The predicted octanol–water partition coefficient (Wildman–Crippen LogP) is 5.13. The van der Waals surface area contributed by atoms with Crippen molar-refractivity contribution in [2.24, 2.45) is 0 Å². The summed E-state index contributed by atoms with van der Waals surface area (Å²) in [5.41, 5.74) is 1.35. The van der Waals surface area contributed by atoms with Crippen LogP contribution in [0.4, 0.5) is 0 Å². The number of carbonyl (C=O) groups is 2. The van der Waals surface area contributed by atoms with Crippen LogP contribution in [-0.4, -0.2) is 25.8 Å². The maximum Gasteiger partial charge on any atom is 0.255 e. The molecule has 0 aliphatic heterocycles. The van der Waals surface area contributed by atoms with Crippen LogP contribution in [0.1, 0.15) is 33.8 Å². The van der Waals surface area contributed by atoms with Gasteiger partial charge in [-0.15, -0.1) is 0 Å². The van der Waals surface area contributed by atoms with Gasteiger partial charge < -0.3 is 14.8 Å². The lowest BCUT2D eigenvalue weighted by molar-refractivity contribution is -0.108. The lowest BCUT2D eigenvalue weighted by Crippen LogP contribution is -2.29. The first-order valence-corrected chi connectivity index (χ1v) is 9.92. The van der Waals surface area contributed by atoms with Crippen LogP contribution in [0.25, 0.3) is 10.8 Å². The monoisotopic (exact) mass is 440 g/mol. The van der Waals surface area contributed by atoms with Crippen molar-refractivity contribution in [1.82, 2.24) is 5.32 Å². The minimum absolute atomic E-state index is 0.198. The zero-order chi connectivity index (χ0) is 21.7. The average Bonchev–Trinajstić information content (AvgIpc) is 2.76. The van der Waals surface area contributed by atoms with E-state index in [9.17, 15) is 14.9 Å². The largest absolute Gasteiger partial charge is 0.495 e. The molecule has 3 aromatic carbocycles. The number of halogens is 2. The number of ether oxygens (including phenoxy) is 1. The smallest absolute Gasteiger partial charge is 0.255 e. The van der Waals surface area contributed by atoms with E-state index in [1.165, 1.54) is 7.11 Å². The van der Waals surface area contributed by atoms with Crippen LogP contribution < -0.4 is 10.1 Å². The van der Waals surface area contributed by atoms with E-state index < -0.39 is 5.91 Å². The molecule has 0 spiro atoms. The summed E-state index contributed by atoms with van der Waals surface area (Å²) in [5.74, 6) is -0.455. The molecule has 3 aromatic rings. The Morgan fingerprint density at radius 3 is 2.63 bits per heavy atom. The lowest BCUT2D eigenvalue weighted by atomic mass is 9.95. The van der Waals surface area contributed by atoms with Gasteiger partial charge in [-0.3, -0.25) is 4.79 Å². The molecule has 1 atom stereocenters. The number of rotatable bonds is 7. The minimum atomic E-state index is -0.392. The second-order valence-electron chi connectivity index (χ2n) is 6.65. The molecule has 152 valence electrons. The summed E-state index contributed by atoms with van der Waals surface area (Å²) in [6.45, 7) is 0.198. The molecule has 0 unspecified atom stereocenters. The number of hydrogen-bond donors (Lipinski definition) is 1. The molecule has 5 nitrogen and oxygen atoms in total. The summed E-state index contributed by atoms with van der Waals surface area (Å²) in [6, 6.07) is 16.2. The van der Waals surface area contributed by atoms with E-state index in [0.29, 0.717) is 15.4 Å². The Morgan fingerprint density at radius 1 is 1.20 bits per heavy atom. The van der Waals surface area contributed by atoms with Gasteiger partial charge in [-0.1, -0.05) is 53.5 Å². The highest BCUT2D eigenvalue weighted by molar-refractivity contribution is 6.42. The molecule has 0 saturated carbocycles. The van der Waals surface area contributed by atoms with Crippen molar-refractivity contribution in [1.29, 1.82) is 5.26 Å². The van der Waals surface area contributed by atoms with E-state index in [-0.39, 0.29) is 35.8 Å². The third kappa shape index (κ3) is 4.40. The second kappa shape index (κ2) is 9.62. The molecule has 0 radical (unpaired) electrons. The Labute approximate surface area is 184 Å². The predicted molar refractivity (Wildman–Crippen MR) is 117 cm³/mol. The van der Waals surface area contributed by atoms with Gasteiger partial charge in [-0.2, -0.15) is 5.26 Å². The molecule has 0 fully saturated rings. The van der Waals surface area contributed by atoms with E-state index in [1.807, 2.05) is 18.2 Å². The van der Waals surface area contributed by atoms with Gasteiger partial charge >= 0.3 is 0 Å². The Bertz CT molecular complexity index is 1160. The number of carbonyl (C=O) groups excluding carboxylic acids is 2. The summed E-state index contributed by atoms with van der Waals surface area (Å²) in [4.78, 5) is 24.3. The third-order valence-electron chi connectivity index (χ3n) is 4.86. The van der Waals surface area contributed by atoms with Gasteiger partial charge in [0.15, 0.2) is 0 Å². The van der Waals surface area contributed by atoms with Crippen LogP contribution >= 0.6 is 23.2 Å². The van der Waals surface area contributed by atoms with Gasteiger partial charge in [0.1, 0.15) is 18.1 Å². The number of benzene rings is 3. The highest BCUT2D eigenvalue weighted by Gasteiger charge is 2.22. The van der Waals surface area contributed by atoms with Crippen LogP contribution in [0.5, 0.6) is 5.75 Å². The highest BCUT2D eigenvalue weighted by atomic mass is 35.5. The topological polar surface area (TPSA) is 79.2 Å². The fraction of sp³-hybridized carbons (Fsp3) is 0.174. The van der Waals surface area contributed by atoms with Gasteiger partial charge in [-0.25, -0.2) is 0 Å². The van der Waals surface area contributed by atoms with Crippen molar-refractivity contribution >= 4 is 46.2 Å². The van der Waals surface area contributed by atoms with Gasteiger partial charge in [0.25, 0.3) is 5.91 Å². The van der Waals surface area contributed by atoms with Crippen molar-refractivity contribution in [3.8, 4) is 11.8 Å². The molecule has 0 aliphatic rings. The molecule has 0 aliphatic carbocycles. The van der Waals surface area contributed by atoms with Gasteiger partial charge in [0.05, 0.1) is 28.3 Å². The fourth-order valence-corrected chi connectivity index (χ4v) is 3.68. The number of nitrogens with zero attached hydrogens (tertiary/aromatic N) is 1. The summed E-state index contributed by atoms with van der Waals surface area (Å²) in [5, 5.41) is 14.6. The van der Waals surface area contributed by atoms with Crippen molar-refractivity contribution in [2.45, 2.75) is 12.3 Å². The minimum Gasteiger partial charge on any atom is -0.495 e. The quantitative estimate of drug-likeness (QED) is 0.516. The van der Waals surface area contributed by atoms with E-state index in [1.54, 1.807) is 30.3 Å². The summed E-state index contributed by atoms with van der Waals surface area (Å²) < 4.78 is 5.39. The van der Waals surface area contributed by atoms with E-state index in [2.05, 4.69) is 11.4 Å². The van der Waals surface area contributed by atoms with Crippen LogP contribution in [0.2, 0.25) is 10.0 Å². The third-order valence-corrected chi connectivity index (χ3v) is 5.60. The molecule has 0 aromatic heterocycles. The molecule has 0 saturated heterocycles. The molecule has 7 heteroatoms. The number of fused-ring (bicyclic) bond motifs is 1. The molecule has 0 bridgehead atoms. The average molecular weight is 441 g/mol. The molecule has 3 rings (SSSR count). The number of nitriles is 1. The van der Waals surface area contributed by atoms with Gasteiger partial charge in [-0.05, 0) is 34.5 Å². The van der Waals surface area contributed by atoms with Crippen LogP contribution in [0, 0.1) is 11.3 Å². The highest BCUT2D eigenvalue weighted by Crippen LogP contribution is 2.32. The number of amides is 1. The Balaban J connectivity index is 1.94. The van der Waals surface area contributed by atoms with Crippen molar-refractivity contribution < 1.29 is 14.3 Å². The standard InChI is InChI=1S/C23H18Cl2N2O3/c1-30-22-17(12-26)10-15-4-2-3-5-18(15)21(22)23(29)27-13-16(8-9-28)14-6-7-19(24)20(25)11-14/h2-7,9-11,16H,8,13H2,1H3,(H,27,29)/t16-/m1/s1. The SMILES string of the molecule is COc1c(C#N)cc2ccccc2c1C(=O)NC[C@@H](CC=O)c1ccc(Cl)c(Cl)c1. The van der Waals surface area contributed by atoms with Gasteiger partial charge in [0.2, 0.25) is 0 Å². The zero-order valence-corrected chi connectivity index (χ0v) is 17.6. The second-order valence-corrected chi connectivity index (χ2v) is 7.46. The zero-order valence-electron chi connectivity index (χ0n) is 16.1. The summed E-state index contributed by atoms with van der Waals surface area (Å²) >= 11 is 12.1. The molecule has 0 heterocycles. The van der Waals surface area contributed by atoms with Crippen molar-refractivity contribution in [3.63, 3.8) is 0 Å². The Hall–Kier alpha value is -3.07. The van der Waals surface area contributed by atoms with Crippen LogP contribution in [0.15, 0.2) is 48.5 Å². The van der Waals surface area contributed by atoms with E-state index in [0.717, 1.165) is 17.2 Å². The number of nitrogens with one attached hydrogen (secondary N) is 1. The number of aldehydes is 1. The maximum atomic E-state index is 13.1. The Kier molecular flexibility index (Phi) is 6.94. The maximum absolute atomic E-state index is 13.1. The molecular formula is C23H18Cl2N2O3. The first-order chi connectivity index (χ1) is 14.5. The van der Waals surface area contributed by atoms with E-state index in [4.69, 9.17) is 27.9 Å². The number of hydrogen-bond acceptors (Lipinski definition) is 4. The summed E-state index contributed by atoms with van der Waals surface area (Å²) in [6.07, 6.45) is 1.000. The first-order valence-electron chi connectivity index (χ1n) is 9.16. The molecule has 1 amide bonds. The van der Waals surface area contributed by atoms with Gasteiger partial charge in [0, 0.05) is 18.9 Å². The normalized spacial score (nSPS) is 11.5. The number of methoxy groups -OCH3 is 1.